The fourth-order valence-electron chi connectivity index (χ4n) is 3.08. The van der Waals surface area contributed by atoms with Crippen LogP contribution in [-0.4, -0.2) is 27.1 Å². The number of hydrogen-bond donors (Lipinski definition) is 1. The second kappa shape index (κ2) is 6.22. The highest BCUT2D eigenvalue weighted by Gasteiger charge is 2.33. The van der Waals surface area contributed by atoms with Crippen LogP contribution in [0.2, 0.25) is 0 Å². The first-order valence-electron chi connectivity index (χ1n) is 8.43. The second-order valence-corrected chi connectivity index (χ2v) is 6.63. The van der Waals surface area contributed by atoms with E-state index in [0.29, 0.717) is 12.6 Å². The maximum atomic E-state index is 11.7. The highest BCUT2D eigenvalue weighted by molar-refractivity contribution is 5.74. The van der Waals surface area contributed by atoms with Crippen LogP contribution >= 0.6 is 0 Å². The number of anilines is 1. The number of carbonyl (C=O) groups excluding carboxylic acids is 1. The molecule has 0 spiro atoms. The molecule has 0 radical (unpaired) electrons. The maximum Gasteiger partial charge on any atom is 0.219 e. The molecule has 1 amide bonds. The highest BCUT2D eigenvalue weighted by Crippen LogP contribution is 2.39. The minimum absolute atomic E-state index is 0.137. The van der Waals surface area contributed by atoms with Gasteiger partial charge in [-0.2, -0.15) is 5.10 Å². The van der Waals surface area contributed by atoms with Gasteiger partial charge in [-0.05, 0) is 39.7 Å². The fraction of sp³-hybridized carbons (Fsp3) is 0.556. The van der Waals surface area contributed by atoms with Gasteiger partial charge >= 0.3 is 0 Å². The van der Waals surface area contributed by atoms with Crippen LogP contribution in [0.25, 0.3) is 0 Å². The van der Waals surface area contributed by atoms with E-state index in [1.165, 1.54) is 29.7 Å². The molecule has 2 aliphatic rings. The SMILES string of the molecule is C/C=C(C)\C=C(/C)Nc1nn(C2CC2)c2c1CN(C(C)=O)CC2. The quantitative estimate of drug-likeness (QED) is 0.867. The molecule has 124 valence electrons. The molecule has 0 atom stereocenters. The molecule has 23 heavy (non-hydrogen) atoms. The zero-order valence-electron chi connectivity index (χ0n) is 14.5. The van der Waals surface area contributed by atoms with E-state index >= 15 is 0 Å². The molecule has 5 heteroatoms. The molecule has 3 rings (SSSR count). The molecular weight excluding hydrogens is 288 g/mol. The summed E-state index contributed by atoms with van der Waals surface area (Å²) in [7, 11) is 0. The van der Waals surface area contributed by atoms with Crippen LogP contribution in [-0.2, 0) is 17.8 Å². The number of nitrogens with zero attached hydrogens (tertiary/aromatic N) is 3. The third-order valence-corrected chi connectivity index (χ3v) is 4.64. The van der Waals surface area contributed by atoms with Gasteiger partial charge in [0.05, 0.1) is 12.6 Å². The molecule has 0 unspecified atom stereocenters. The number of allylic oxidation sites excluding steroid dienone is 4. The normalized spacial score (nSPS) is 18.9. The summed E-state index contributed by atoms with van der Waals surface area (Å²) in [5, 5.41) is 8.28. The van der Waals surface area contributed by atoms with Crippen LogP contribution < -0.4 is 5.32 Å². The second-order valence-electron chi connectivity index (χ2n) is 6.63. The Kier molecular flexibility index (Phi) is 4.28. The molecule has 0 saturated heterocycles. The van der Waals surface area contributed by atoms with Crippen LogP contribution in [0.1, 0.15) is 57.8 Å². The summed E-state index contributed by atoms with van der Waals surface area (Å²) >= 11 is 0. The number of nitrogens with one attached hydrogen (secondary N) is 1. The molecular formula is C18H26N4O. The van der Waals surface area contributed by atoms with Gasteiger partial charge in [0.2, 0.25) is 5.91 Å². The monoisotopic (exact) mass is 314 g/mol. The third kappa shape index (κ3) is 3.33. The van der Waals surface area contributed by atoms with Crippen LogP contribution in [0.15, 0.2) is 23.4 Å². The van der Waals surface area contributed by atoms with Crippen molar-refractivity contribution in [1.29, 1.82) is 0 Å². The van der Waals surface area contributed by atoms with Gasteiger partial charge in [0, 0.05) is 36.8 Å². The average Bonchev–Trinajstić information content (AvgIpc) is 3.30. The summed E-state index contributed by atoms with van der Waals surface area (Å²) in [5.41, 5.74) is 4.78. The van der Waals surface area contributed by atoms with E-state index in [2.05, 4.69) is 36.0 Å². The van der Waals surface area contributed by atoms with E-state index in [4.69, 9.17) is 5.10 Å². The zero-order valence-corrected chi connectivity index (χ0v) is 14.5. The number of amides is 1. The Morgan fingerprint density at radius 2 is 2.04 bits per heavy atom. The van der Waals surface area contributed by atoms with Crippen molar-refractivity contribution in [2.75, 3.05) is 11.9 Å². The van der Waals surface area contributed by atoms with Crippen LogP contribution in [0, 0.1) is 0 Å². The smallest absolute Gasteiger partial charge is 0.219 e. The van der Waals surface area contributed by atoms with Gasteiger partial charge in [-0.25, -0.2) is 0 Å². The first kappa shape index (κ1) is 15.8. The Labute approximate surface area is 138 Å². The van der Waals surface area contributed by atoms with E-state index in [1.807, 2.05) is 11.8 Å². The lowest BCUT2D eigenvalue weighted by molar-refractivity contribution is -0.129. The summed E-state index contributed by atoms with van der Waals surface area (Å²) in [6, 6.07) is 0.560. The van der Waals surface area contributed by atoms with E-state index in [9.17, 15) is 4.79 Å². The zero-order chi connectivity index (χ0) is 16.6. The van der Waals surface area contributed by atoms with Gasteiger partial charge in [0.1, 0.15) is 0 Å². The van der Waals surface area contributed by atoms with Gasteiger partial charge < -0.3 is 10.2 Å². The van der Waals surface area contributed by atoms with Crippen molar-refractivity contribution in [3.8, 4) is 0 Å². The van der Waals surface area contributed by atoms with Gasteiger partial charge in [-0.1, -0.05) is 11.6 Å². The Morgan fingerprint density at radius 1 is 1.30 bits per heavy atom. The molecule has 1 aromatic heterocycles. The topological polar surface area (TPSA) is 50.2 Å². The summed E-state index contributed by atoms with van der Waals surface area (Å²) < 4.78 is 2.20. The lowest BCUT2D eigenvalue weighted by Gasteiger charge is -2.26. The summed E-state index contributed by atoms with van der Waals surface area (Å²) in [5.74, 6) is 1.05. The summed E-state index contributed by atoms with van der Waals surface area (Å²) in [6.07, 6.45) is 7.54. The van der Waals surface area contributed by atoms with Crippen molar-refractivity contribution < 1.29 is 4.79 Å². The fourth-order valence-corrected chi connectivity index (χ4v) is 3.08. The molecule has 0 bridgehead atoms. The van der Waals surface area contributed by atoms with Crippen molar-refractivity contribution in [2.45, 2.75) is 59.5 Å². The number of carbonyl (C=O) groups is 1. The molecule has 1 N–H and O–H groups in total. The molecule has 1 aliphatic carbocycles. The van der Waals surface area contributed by atoms with E-state index in [1.54, 1.807) is 6.92 Å². The molecule has 1 aliphatic heterocycles. The van der Waals surface area contributed by atoms with Crippen LogP contribution in [0.5, 0.6) is 0 Å². The van der Waals surface area contributed by atoms with Gasteiger partial charge in [0.25, 0.3) is 0 Å². The van der Waals surface area contributed by atoms with Crippen molar-refractivity contribution in [2.24, 2.45) is 0 Å². The molecule has 2 heterocycles. The number of hydrogen-bond acceptors (Lipinski definition) is 3. The Balaban J connectivity index is 1.91. The molecule has 1 fully saturated rings. The minimum atomic E-state index is 0.137. The standard InChI is InChI=1S/C18H26N4O/c1-5-12(2)10-13(3)19-18-16-11-21(14(4)23)9-8-17(16)22(20-18)15-6-7-15/h5,10,15H,6-9,11H2,1-4H3,(H,19,20)/b12-5-,13-10+. The van der Waals surface area contributed by atoms with Crippen LogP contribution in [0.3, 0.4) is 0 Å². The highest BCUT2D eigenvalue weighted by atomic mass is 16.2. The predicted octanol–water partition coefficient (Wildman–Crippen LogP) is 3.40. The van der Waals surface area contributed by atoms with Gasteiger partial charge in [-0.15, -0.1) is 0 Å². The van der Waals surface area contributed by atoms with Crippen molar-refractivity contribution in [3.05, 3.63) is 34.7 Å². The first-order valence-corrected chi connectivity index (χ1v) is 8.43. The minimum Gasteiger partial charge on any atom is -0.342 e. The molecule has 1 aromatic rings. The Morgan fingerprint density at radius 3 is 2.65 bits per heavy atom. The maximum absolute atomic E-state index is 11.7. The van der Waals surface area contributed by atoms with Crippen molar-refractivity contribution in [1.82, 2.24) is 14.7 Å². The lowest BCUT2D eigenvalue weighted by atomic mass is 10.1. The number of aromatic nitrogens is 2. The summed E-state index contributed by atoms with van der Waals surface area (Å²) in [4.78, 5) is 13.6. The molecule has 0 aromatic carbocycles. The average molecular weight is 314 g/mol. The van der Waals surface area contributed by atoms with Gasteiger partial charge in [-0.3, -0.25) is 9.48 Å². The van der Waals surface area contributed by atoms with Crippen molar-refractivity contribution >= 4 is 11.7 Å². The van der Waals surface area contributed by atoms with E-state index in [0.717, 1.165) is 24.5 Å². The molecule has 1 saturated carbocycles. The Hall–Kier alpha value is -2.04. The van der Waals surface area contributed by atoms with Crippen molar-refractivity contribution in [3.63, 3.8) is 0 Å². The van der Waals surface area contributed by atoms with Crippen LogP contribution in [0.4, 0.5) is 5.82 Å². The Bertz CT molecular complexity index is 679. The number of rotatable bonds is 4. The lowest BCUT2D eigenvalue weighted by Crippen LogP contribution is -2.34. The van der Waals surface area contributed by atoms with E-state index in [-0.39, 0.29) is 5.91 Å². The summed E-state index contributed by atoms with van der Waals surface area (Å²) in [6.45, 7) is 9.28. The third-order valence-electron chi connectivity index (χ3n) is 4.64. The van der Waals surface area contributed by atoms with E-state index < -0.39 is 0 Å². The first-order chi connectivity index (χ1) is 11.0. The largest absolute Gasteiger partial charge is 0.342 e. The predicted molar refractivity (Wildman–Crippen MR) is 92.1 cm³/mol. The number of fused-ring (bicyclic) bond motifs is 1. The molecule has 5 nitrogen and oxygen atoms in total. The van der Waals surface area contributed by atoms with Gasteiger partial charge in [0.15, 0.2) is 5.82 Å².